The van der Waals surface area contributed by atoms with Crippen LogP contribution in [0.25, 0.3) is 11.7 Å². The van der Waals surface area contributed by atoms with Gasteiger partial charge in [-0.15, -0.1) is 0 Å². The van der Waals surface area contributed by atoms with Crippen molar-refractivity contribution in [3.8, 4) is 0 Å². The monoisotopic (exact) mass is 454 g/mol. The van der Waals surface area contributed by atoms with Crippen molar-refractivity contribution in [2.24, 2.45) is 0 Å². The molecule has 31 heavy (non-hydrogen) atoms. The Bertz CT molecular complexity index is 1230. The van der Waals surface area contributed by atoms with Crippen molar-refractivity contribution < 1.29 is 9.21 Å². The third-order valence-corrected chi connectivity index (χ3v) is 6.36. The van der Waals surface area contributed by atoms with Crippen LogP contribution in [0.15, 0.2) is 50.8 Å². The first-order valence-electron chi connectivity index (χ1n) is 10.0. The number of nitrogens with zero attached hydrogens (tertiary/aromatic N) is 3. The number of hydrogen-bond acceptors (Lipinski definition) is 7. The Labute approximate surface area is 189 Å². The van der Waals surface area contributed by atoms with Gasteiger partial charge in [0.1, 0.15) is 21.5 Å². The van der Waals surface area contributed by atoms with Crippen LogP contribution in [-0.4, -0.2) is 31.1 Å². The van der Waals surface area contributed by atoms with Crippen LogP contribution >= 0.6 is 24.0 Å². The Morgan fingerprint density at radius 2 is 2.13 bits per heavy atom. The van der Waals surface area contributed by atoms with Gasteiger partial charge in [-0.2, -0.15) is 0 Å². The van der Waals surface area contributed by atoms with Gasteiger partial charge in [0.05, 0.1) is 23.3 Å². The molecule has 0 saturated carbocycles. The maximum atomic E-state index is 13.3. The molecule has 9 heteroatoms. The number of carbonyl (C=O) groups is 1. The van der Waals surface area contributed by atoms with Crippen LogP contribution < -0.4 is 10.9 Å². The molecule has 1 aliphatic rings. The normalized spacial score (nSPS) is 15.4. The van der Waals surface area contributed by atoms with Gasteiger partial charge in [0.2, 0.25) is 0 Å². The van der Waals surface area contributed by atoms with Gasteiger partial charge in [-0.1, -0.05) is 43.4 Å². The van der Waals surface area contributed by atoms with Crippen molar-refractivity contribution in [1.29, 1.82) is 0 Å². The van der Waals surface area contributed by atoms with Crippen LogP contribution in [-0.2, 0) is 11.3 Å². The van der Waals surface area contributed by atoms with E-state index in [0.717, 1.165) is 18.4 Å². The minimum absolute atomic E-state index is 0.172. The molecule has 0 aromatic carbocycles. The van der Waals surface area contributed by atoms with Crippen LogP contribution in [0.1, 0.15) is 36.7 Å². The van der Waals surface area contributed by atoms with Crippen molar-refractivity contribution in [3.05, 3.63) is 68.9 Å². The summed E-state index contributed by atoms with van der Waals surface area (Å²) in [6.07, 6.45) is 6.70. The van der Waals surface area contributed by atoms with Crippen LogP contribution in [0.4, 0.5) is 5.82 Å². The van der Waals surface area contributed by atoms with Gasteiger partial charge in [-0.05, 0) is 43.2 Å². The summed E-state index contributed by atoms with van der Waals surface area (Å²) in [6.45, 7) is 4.90. The molecule has 7 nitrogen and oxygen atoms in total. The highest BCUT2D eigenvalue weighted by molar-refractivity contribution is 8.26. The zero-order valence-corrected chi connectivity index (χ0v) is 18.9. The van der Waals surface area contributed by atoms with Crippen molar-refractivity contribution >= 4 is 51.7 Å². The van der Waals surface area contributed by atoms with Gasteiger partial charge >= 0.3 is 0 Å². The standard InChI is InChI=1S/C22H22N4O3S2/c1-3-4-9-26-21(28)17(31-22(26)30)12-16-18(23-13-15-8-6-11-29-15)24-19-14(2)7-5-10-25(19)20(16)27/h5-8,10-12,23H,3-4,9,13H2,1-2H3. The number of fused-ring (bicyclic) bond motifs is 1. The lowest BCUT2D eigenvalue weighted by Crippen LogP contribution is -2.29. The summed E-state index contributed by atoms with van der Waals surface area (Å²) in [5, 5.41) is 3.19. The molecule has 0 bridgehead atoms. The first kappa shape index (κ1) is 21.3. The van der Waals surface area contributed by atoms with Crippen LogP contribution in [0.5, 0.6) is 0 Å². The number of pyridine rings is 1. The van der Waals surface area contributed by atoms with E-state index >= 15 is 0 Å². The molecule has 0 atom stereocenters. The Morgan fingerprint density at radius 1 is 1.29 bits per heavy atom. The molecule has 0 unspecified atom stereocenters. The minimum atomic E-state index is -0.255. The fourth-order valence-electron chi connectivity index (χ4n) is 3.30. The molecule has 0 radical (unpaired) electrons. The minimum Gasteiger partial charge on any atom is -0.467 e. The number of aromatic nitrogens is 2. The number of nitrogens with one attached hydrogen (secondary N) is 1. The third kappa shape index (κ3) is 4.28. The number of thioether (sulfide) groups is 1. The summed E-state index contributed by atoms with van der Waals surface area (Å²) in [4.78, 5) is 32.9. The first-order valence-corrected chi connectivity index (χ1v) is 11.3. The van der Waals surface area contributed by atoms with E-state index in [9.17, 15) is 9.59 Å². The number of rotatable bonds is 7. The fourth-order valence-corrected chi connectivity index (χ4v) is 4.59. The van der Waals surface area contributed by atoms with Crippen LogP contribution in [0, 0.1) is 6.92 Å². The maximum absolute atomic E-state index is 13.3. The number of amides is 1. The molecular formula is C22H22N4O3S2. The van der Waals surface area contributed by atoms with Gasteiger partial charge in [0.15, 0.2) is 0 Å². The van der Waals surface area contributed by atoms with E-state index in [1.54, 1.807) is 35.6 Å². The molecule has 0 aliphatic carbocycles. The number of aryl methyl sites for hydroxylation is 1. The molecule has 4 rings (SSSR count). The molecule has 1 N–H and O–H groups in total. The Kier molecular flexibility index (Phi) is 6.24. The SMILES string of the molecule is CCCCN1C(=O)C(=Cc2c(NCc3ccco3)nc3c(C)cccn3c2=O)SC1=S. The summed E-state index contributed by atoms with van der Waals surface area (Å²) >= 11 is 6.61. The Hall–Kier alpha value is -2.91. The lowest BCUT2D eigenvalue weighted by molar-refractivity contribution is -0.122. The van der Waals surface area contributed by atoms with Gasteiger partial charge in [-0.25, -0.2) is 4.98 Å². The summed E-state index contributed by atoms with van der Waals surface area (Å²) in [6, 6.07) is 7.34. The highest BCUT2D eigenvalue weighted by Gasteiger charge is 2.32. The molecule has 4 heterocycles. The molecular weight excluding hydrogens is 432 g/mol. The second kappa shape index (κ2) is 9.07. The maximum Gasteiger partial charge on any atom is 0.267 e. The summed E-state index contributed by atoms with van der Waals surface area (Å²) in [5.74, 6) is 0.937. The van der Waals surface area contributed by atoms with Crippen molar-refractivity contribution in [1.82, 2.24) is 14.3 Å². The molecule has 1 fully saturated rings. The zero-order chi connectivity index (χ0) is 22.0. The molecule has 3 aromatic rings. The molecule has 160 valence electrons. The van der Waals surface area contributed by atoms with Crippen molar-refractivity contribution in [3.63, 3.8) is 0 Å². The van der Waals surface area contributed by atoms with E-state index in [1.165, 1.54) is 16.2 Å². The molecule has 1 amide bonds. The molecule has 1 aliphatic heterocycles. The van der Waals surface area contributed by atoms with E-state index in [0.29, 0.717) is 45.1 Å². The number of thiocarbonyl (C=S) groups is 1. The van der Waals surface area contributed by atoms with Crippen LogP contribution in [0.2, 0.25) is 0 Å². The smallest absolute Gasteiger partial charge is 0.267 e. The zero-order valence-electron chi connectivity index (χ0n) is 17.3. The van der Waals surface area contributed by atoms with E-state index in [4.69, 9.17) is 16.6 Å². The summed E-state index contributed by atoms with van der Waals surface area (Å²) < 4.78 is 7.39. The van der Waals surface area contributed by atoms with Gasteiger partial charge in [-0.3, -0.25) is 18.9 Å². The van der Waals surface area contributed by atoms with Gasteiger partial charge in [0, 0.05) is 12.7 Å². The fraction of sp³-hybridized carbons (Fsp3) is 0.273. The van der Waals surface area contributed by atoms with E-state index in [1.807, 2.05) is 19.1 Å². The lowest BCUT2D eigenvalue weighted by Gasteiger charge is -2.13. The van der Waals surface area contributed by atoms with E-state index in [-0.39, 0.29) is 11.5 Å². The van der Waals surface area contributed by atoms with Gasteiger partial charge < -0.3 is 9.73 Å². The number of hydrogen-bond donors (Lipinski definition) is 1. The molecule has 3 aromatic heterocycles. The predicted octanol–water partition coefficient (Wildman–Crippen LogP) is 4.21. The van der Waals surface area contributed by atoms with Crippen molar-refractivity contribution in [2.75, 3.05) is 11.9 Å². The van der Waals surface area contributed by atoms with Gasteiger partial charge in [0.25, 0.3) is 11.5 Å². The summed E-state index contributed by atoms with van der Waals surface area (Å²) in [5.41, 5.74) is 1.49. The first-order chi connectivity index (χ1) is 15.0. The third-order valence-electron chi connectivity index (χ3n) is 4.98. The second-order valence-electron chi connectivity index (χ2n) is 7.18. The average Bonchev–Trinajstić information content (AvgIpc) is 3.36. The average molecular weight is 455 g/mol. The number of carbonyl (C=O) groups excluding carboxylic acids is 1. The largest absolute Gasteiger partial charge is 0.467 e. The molecule has 1 saturated heterocycles. The van der Waals surface area contributed by atoms with Crippen molar-refractivity contribution in [2.45, 2.75) is 33.2 Å². The van der Waals surface area contributed by atoms with E-state index in [2.05, 4.69) is 17.2 Å². The lowest BCUT2D eigenvalue weighted by atomic mass is 10.2. The quantitative estimate of drug-likeness (QED) is 0.423. The number of unbranched alkanes of at least 4 members (excludes halogenated alkanes) is 1. The Morgan fingerprint density at radius 3 is 2.87 bits per heavy atom. The highest BCUT2D eigenvalue weighted by atomic mass is 32.2. The van der Waals surface area contributed by atoms with Crippen LogP contribution in [0.3, 0.4) is 0 Å². The number of furan rings is 1. The predicted molar refractivity (Wildman–Crippen MR) is 127 cm³/mol. The summed E-state index contributed by atoms with van der Waals surface area (Å²) in [7, 11) is 0. The topological polar surface area (TPSA) is 79.8 Å². The molecule has 0 spiro atoms. The second-order valence-corrected chi connectivity index (χ2v) is 8.86. The number of anilines is 1. The highest BCUT2D eigenvalue weighted by Crippen LogP contribution is 2.33. The van der Waals surface area contributed by atoms with E-state index < -0.39 is 0 Å². The Balaban J connectivity index is 1.78.